The minimum atomic E-state index is -0.703. The van der Waals surface area contributed by atoms with Gasteiger partial charge in [-0.3, -0.25) is 0 Å². The molecule has 11 heavy (non-hydrogen) atoms. The second kappa shape index (κ2) is 3.52. The number of rotatable bonds is 3. The molecule has 0 amide bonds. The molecular weight excluding hydrogens is 142 g/mol. The first-order valence-corrected chi connectivity index (χ1v) is 4.11. The Bertz CT molecular complexity index is 119. The van der Waals surface area contributed by atoms with Crippen LogP contribution in [0.3, 0.4) is 0 Å². The van der Waals surface area contributed by atoms with E-state index < -0.39 is 5.60 Å². The van der Waals surface area contributed by atoms with Crippen molar-refractivity contribution in [3.8, 4) is 0 Å². The van der Waals surface area contributed by atoms with E-state index in [0.29, 0.717) is 6.61 Å². The predicted molar refractivity (Wildman–Crippen MR) is 43.5 cm³/mol. The van der Waals surface area contributed by atoms with Gasteiger partial charge in [0.05, 0.1) is 6.61 Å². The van der Waals surface area contributed by atoms with Crippen LogP contribution in [0.2, 0.25) is 0 Å². The quantitative estimate of drug-likeness (QED) is 0.615. The third kappa shape index (κ3) is 2.15. The van der Waals surface area contributed by atoms with Crippen LogP contribution in [0.15, 0.2) is 0 Å². The highest BCUT2D eigenvalue weighted by atomic mass is 16.5. The predicted octanol–water partition coefficient (Wildman–Crippen LogP) is 0.136. The zero-order valence-electron chi connectivity index (χ0n) is 7.26. The molecule has 1 fully saturated rings. The van der Waals surface area contributed by atoms with E-state index in [2.05, 4.69) is 5.32 Å². The van der Waals surface area contributed by atoms with Crippen LogP contribution in [-0.2, 0) is 4.74 Å². The smallest absolute Gasteiger partial charge is 0.100 e. The van der Waals surface area contributed by atoms with Crippen molar-refractivity contribution < 1.29 is 9.84 Å². The second-order valence-corrected chi connectivity index (χ2v) is 3.44. The standard InChI is InChI=1S/C8H17NO2/c1-8(10,6-11-2)7-4-3-5-9-7/h7,9-10H,3-6H2,1-2H3. The maximum atomic E-state index is 9.83. The molecule has 3 nitrogen and oxygen atoms in total. The molecule has 3 heteroatoms. The summed E-state index contributed by atoms with van der Waals surface area (Å²) in [6.07, 6.45) is 2.21. The second-order valence-electron chi connectivity index (χ2n) is 3.44. The fraction of sp³-hybridized carbons (Fsp3) is 1.00. The van der Waals surface area contributed by atoms with Crippen molar-refractivity contribution in [1.82, 2.24) is 5.32 Å². The molecule has 2 N–H and O–H groups in total. The largest absolute Gasteiger partial charge is 0.386 e. The number of aliphatic hydroxyl groups is 1. The molecule has 2 atom stereocenters. The highest BCUT2D eigenvalue weighted by Gasteiger charge is 2.33. The summed E-state index contributed by atoms with van der Waals surface area (Å²) < 4.78 is 4.93. The lowest BCUT2D eigenvalue weighted by atomic mass is 9.96. The normalized spacial score (nSPS) is 30.3. The molecule has 0 aliphatic carbocycles. The van der Waals surface area contributed by atoms with Gasteiger partial charge in [-0.15, -0.1) is 0 Å². The summed E-state index contributed by atoms with van der Waals surface area (Å²) >= 11 is 0. The first-order valence-electron chi connectivity index (χ1n) is 4.11. The van der Waals surface area contributed by atoms with Crippen LogP contribution < -0.4 is 5.32 Å². The van der Waals surface area contributed by atoms with Crippen molar-refractivity contribution in [3.63, 3.8) is 0 Å². The summed E-state index contributed by atoms with van der Waals surface area (Å²) in [5.74, 6) is 0. The Morgan fingerprint density at radius 2 is 2.45 bits per heavy atom. The summed E-state index contributed by atoms with van der Waals surface area (Å²) in [5.41, 5.74) is -0.703. The molecule has 1 aliphatic heterocycles. The maximum absolute atomic E-state index is 9.83. The highest BCUT2D eigenvalue weighted by Crippen LogP contribution is 2.18. The van der Waals surface area contributed by atoms with Gasteiger partial charge in [0, 0.05) is 13.2 Å². The van der Waals surface area contributed by atoms with Crippen molar-refractivity contribution in [2.45, 2.75) is 31.4 Å². The van der Waals surface area contributed by atoms with E-state index in [-0.39, 0.29) is 6.04 Å². The molecule has 1 aliphatic rings. The number of hydrogen-bond acceptors (Lipinski definition) is 3. The van der Waals surface area contributed by atoms with Gasteiger partial charge in [-0.05, 0) is 26.3 Å². The number of ether oxygens (including phenoxy) is 1. The van der Waals surface area contributed by atoms with E-state index in [1.54, 1.807) is 7.11 Å². The average molecular weight is 159 g/mol. The van der Waals surface area contributed by atoms with Crippen molar-refractivity contribution in [3.05, 3.63) is 0 Å². The van der Waals surface area contributed by atoms with Crippen LogP contribution in [0.25, 0.3) is 0 Å². The summed E-state index contributed by atoms with van der Waals surface area (Å²) in [4.78, 5) is 0. The molecule has 0 radical (unpaired) electrons. The molecule has 66 valence electrons. The lowest BCUT2D eigenvalue weighted by Crippen LogP contribution is -2.48. The molecule has 2 unspecified atom stereocenters. The van der Waals surface area contributed by atoms with E-state index in [1.165, 1.54) is 0 Å². The average Bonchev–Trinajstić information content (AvgIpc) is 2.37. The van der Waals surface area contributed by atoms with Crippen LogP contribution in [0.5, 0.6) is 0 Å². The minimum absolute atomic E-state index is 0.211. The van der Waals surface area contributed by atoms with Gasteiger partial charge in [0.2, 0.25) is 0 Å². The molecule has 0 aromatic carbocycles. The van der Waals surface area contributed by atoms with Gasteiger partial charge in [-0.25, -0.2) is 0 Å². The zero-order valence-corrected chi connectivity index (χ0v) is 7.26. The molecule has 0 spiro atoms. The third-order valence-corrected chi connectivity index (χ3v) is 2.25. The molecule has 0 bridgehead atoms. The number of hydrogen-bond donors (Lipinski definition) is 2. The first kappa shape index (κ1) is 8.97. The van der Waals surface area contributed by atoms with Gasteiger partial charge in [-0.2, -0.15) is 0 Å². The number of methoxy groups -OCH3 is 1. The van der Waals surface area contributed by atoms with E-state index >= 15 is 0 Å². The Hall–Kier alpha value is -0.120. The lowest BCUT2D eigenvalue weighted by Gasteiger charge is -2.29. The van der Waals surface area contributed by atoms with E-state index in [1.807, 2.05) is 6.92 Å². The van der Waals surface area contributed by atoms with Crippen LogP contribution >= 0.6 is 0 Å². The number of nitrogens with one attached hydrogen (secondary N) is 1. The summed E-state index contributed by atoms with van der Waals surface area (Å²) in [6.45, 7) is 3.24. The van der Waals surface area contributed by atoms with Gasteiger partial charge < -0.3 is 15.2 Å². The van der Waals surface area contributed by atoms with Gasteiger partial charge in [-0.1, -0.05) is 0 Å². The van der Waals surface area contributed by atoms with Crippen molar-refractivity contribution in [2.75, 3.05) is 20.3 Å². The van der Waals surface area contributed by atoms with E-state index in [4.69, 9.17) is 4.74 Å². The topological polar surface area (TPSA) is 41.5 Å². The molecule has 0 saturated carbocycles. The Kier molecular flexibility index (Phi) is 2.87. The summed E-state index contributed by atoms with van der Waals surface area (Å²) in [7, 11) is 1.61. The Morgan fingerprint density at radius 3 is 2.91 bits per heavy atom. The highest BCUT2D eigenvalue weighted by molar-refractivity contribution is 4.91. The molecular formula is C8H17NO2. The minimum Gasteiger partial charge on any atom is -0.386 e. The molecule has 1 heterocycles. The monoisotopic (exact) mass is 159 g/mol. The molecule has 0 aromatic rings. The van der Waals surface area contributed by atoms with E-state index in [0.717, 1.165) is 19.4 Å². The Labute approximate surface area is 67.7 Å². The van der Waals surface area contributed by atoms with Crippen molar-refractivity contribution in [2.24, 2.45) is 0 Å². The first-order chi connectivity index (χ1) is 5.17. The lowest BCUT2D eigenvalue weighted by molar-refractivity contribution is -0.0395. The maximum Gasteiger partial charge on any atom is 0.100 e. The van der Waals surface area contributed by atoms with Gasteiger partial charge in [0.1, 0.15) is 5.60 Å². The fourth-order valence-corrected chi connectivity index (χ4v) is 1.61. The zero-order chi connectivity index (χ0) is 8.32. The Balaban J connectivity index is 2.41. The van der Waals surface area contributed by atoms with Crippen molar-refractivity contribution >= 4 is 0 Å². The SMILES string of the molecule is COCC(C)(O)C1CCCN1. The molecule has 1 rings (SSSR count). The third-order valence-electron chi connectivity index (χ3n) is 2.25. The van der Waals surface area contributed by atoms with Gasteiger partial charge >= 0.3 is 0 Å². The van der Waals surface area contributed by atoms with Crippen LogP contribution in [0.1, 0.15) is 19.8 Å². The summed E-state index contributed by atoms with van der Waals surface area (Å²) in [5, 5.41) is 13.1. The van der Waals surface area contributed by atoms with Gasteiger partial charge in [0.15, 0.2) is 0 Å². The molecule has 1 saturated heterocycles. The van der Waals surface area contributed by atoms with Crippen LogP contribution in [0, 0.1) is 0 Å². The van der Waals surface area contributed by atoms with Gasteiger partial charge in [0.25, 0.3) is 0 Å². The van der Waals surface area contributed by atoms with Crippen LogP contribution in [0.4, 0.5) is 0 Å². The Morgan fingerprint density at radius 1 is 1.73 bits per heavy atom. The van der Waals surface area contributed by atoms with E-state index in [9.17, 15) is 5.11 Å². The van der Waals surface area contributed by atoms with Crippen LogP contribution in [-0.4, -0.2) is 37.0 Å². The summed E-state index contributed by atoms with van der Waals surface area (Å²) in [6, 6.07) is 0.211. The van der Waals surface area contributed by atoms with Crippen molar-refractivity contribution in [1.29, 1.82) is 0 Å². The fourth-order valence-electron chi connectivity index (χ4n) is 1.61. The molecule has 0 aromatic heterocycles.